The molecule has 0 spiro atoms. The van der Waals surface area contributed by atoms with Crippen LogP contribution in [0, 0.1) is 11.3 Å². The largest absolute Gasteiger partial charge is 0.354 e. The monoisotopic (exact) mass is 537 g/mol. The van der Waals surface area contributed by atoms with Crippen LogP contribution in [0.5, 0.6) is 0 Å². The minimum Gasteiger partial charge on any atom is -0.354 e. The highest BCUT2D eigenvalue weighted by atomic mass is 15.3. The lowest BCUT2D eigenvalue weighted by molar-refractivity contribution is 0.249. The van der Waals surface area contributed by atoms with E-state index in [4.69, 9.17) is 15.2 Å². The zero-order valence-corrected chi connectivity index (χ0v) is 22.6. The Morgan fingerprint density at radius 3 is 2.20 bits per heavy atom. The summed E-state index contributed by atoms with van der Waals surface area (Å²) in [7, 11) is 1.99. The van der Waals surface area contributed by atoms with Gasteiger partial charge in [0, 0.05) is 57.1 Å². The Kier molecular flexibility index (Phi) is 6.30. The average molecular weight is 538 g/mol. The molecule has 0 radical (unpaired) electrons. The molecule has 7 rings (SSSR count). The summed E-state index contributed by atoms with van der Waals surface area (Å²) < 4.78 is 2.01. The topological polar surface area (TPSA) is 99.7 Å². The van der Waals surface area contributed by atoms with Gasteiger partial charge in [0.2, 0.25) is 5.82 Å². The number of fused-ring (bicyclic) bond motifs is 2. The summed E-state index contributed by atoms with van der Waals surface area (Å²) in [5.41, 5.74) is 8.68. The van der Waals surface area contributed by atoms with Gasteiger partial charge in [-0.2, -0.15) is 5.26 Å². The van der Waals surface area contributed by atoms with E-state index in [9.17, 15) is 0 Å². The van der Waals surface area contributed by atoms with Crippen LogP contribution in [-0.2, 0) is 13.6 Å². The Balaban J connectivity index is 1.14. The Bertz CT molecular complexity index is 1900. The first-order valence-electron chi connectivity index (χ1n) is 13.6. The van der Waals surface area contributed by atoms with E-state index in [-0.39, 0.29) is 5.82 Å². The number of aromatic nitrogens is 6. The molecule has 1 saturated heterocycles. The SMILES string of the molecule is Cn1cnc2cc3nc(-c4ccc(CN5CCN(c6ccnc(C#N)n6)CC5)cc4)c(-c4ccccc4)nc3cc21. The highest BCUT2D eigenvalue weighted by Crippen LogP contribution is 2.32. The van der Waals surface area contributed by atoms with E-state index >= 15 is 0 Å². The van der Waals surface area contributed by atoms with Gasteiger partial charge in [0.25, 0.3) is 0 Å². The normalized spacial score (nSPS) is 14.0. The van der Waals surface area contributed by atoms with Crippen LogP contribution < -0.4 is 4.90 Å². The van der Waals surface area contributed by atoms with E-state index in [1.54, 1.807) is 6.20 Å². The van der Waals surface area contributed by atoms with Crippen molar-refractivity contribution in [3.8, 4) is 28.6 Å². The number of hydrogen-bond donors (Lipinski definition) is 0. The third kappa shape index (κ3) is 4.86. The highest BCUT2D eigenvalue weighted by molar-refractivity contribution is 5.94. The van der Waals surface area contributed by atoms with Crippen molar-refractivity contribution < 1.29 is 0 Å². The minimum absolute atomic E-state index is 0.210. The quantitative estimate of drug-likeness (QED) is 0.308. The van der Waals surface area contributed by atoms with Crippen molar-refractivity contribution in [1.29, 1.82) is 5.26 Å². The Hall–Kier alpha value is -5.20. The number of imidazole rings is 1. The highest BCUT2D eigenvalue weighted by Gasteiger charge is 2.19. The molecule has 1 fully saturated rings. The molecule has 3 aromatic heterocycles. The molecule has 3 aromatic carbocycles. The van der Waals surface area contributed by atoms with Gasteiger partial charge < -0.3 is 9.47 Å². The maximum Gasteiger partial charge on any atom is 0.234 e. The maximum absolute atomic E-state index is 9.11. The third-order valence-corrected chi connectivity index (χ3v) is 7.63. The zero-order valence-electron chi connectivity index (χ0n) is 22.6. The standard InChI is InChI=1S/C32H27N9/c1-39-21-35-27-17-25-26(18-28(27)39)37-31(23-5-3-2-4-6-23)32(36-25)24-9-7-22(8-10-24)20-40-13-15-41(16-14-40)30-11-12-34-29(19-33)38-30/h2-12,17-18,21H,13-16,20H2,1H3. The summed E-state index contributed by atoms with van der Waals surface area (Å²) in [5, 5.41) is 9.11. The summed E-state index contributed by atoms with van der Waals surface area (Å²) in [6.07, 6.45) is 3.47. The lowest BCUT2D eigenvalue weighted by Crippen LogP contribution is -2.46. The number of benzene rings is 3. The molecule has 1 aliphatic heterocycles. The van der Waals surface area contributed by atoms with Crippen LogP contribution >= 0.6 is 0 Å². The van der Waals surface area contributed by atoms with Gasteiger partial charge in [0.15, 0.2) is 0 Å². The summed E-state index contributed by atoms with van der Waals surface area (Å²) in [5.74, 6) is 1.02. The van der Waals surface area contributed by atoms with Crippen molar-refractivity contribution in [3.63, 3.8) is 0 Å². The molecule has 4 heterocycles. The molecule has 0 unspecified atom stereocenters. The van der Waals surface area contributed by atoms with Gasteiger partial charge in [0.05, 0.1) is 39.8 Å². The van der Waals surface area contributed by atoms with Gasteiger partial charge in [-0.1, -0.05) is 54.6 Å². The molecule has 0 N–H and O–H groups in total. The lowest BCUT2D eigenvalue weighted by Gasteiger charge is -2.35. The van der Waals surface area contributed by atoms with Crippen molar-refractivity contribution >= 4 is 27.9 Å². The lowest BCUT2D eigenvalue weighted by atomic mass is 10.0. The number of aryl methyl sites for hydroxylation is 1. The van der Waals surface area contributed by atoms with Crippen molar-refractivity contribution in [3.05, 3.63) is 96.7 Å². The fourth-order valence-corrected chi connectivity index (χ4v) is 5.42. The van der Waals surface area contributed by atoms with Gasteiger partial charge in [-0.3, -0.25) is 4.90 Å². The molecule has 0 amide bonds. The van der Waals surface area contributed by atoms with Gasteiger partial charge in [-0.05, 0) is 23.8 Å². The Labute approximate surface area is 237 Å². The van der Waals surface area contributed by atoms with E-state index in [0.717, 1.165) is 83.1 Å². The second-order valence-electron chi connectivity index (χ2n) is 10.3. The molecule has 9 heteroatoms. The number of nitrogens with zero attached hydrogens (tertiary/aromatic N) is 9. The molecule has 6 aromatic rings. The summed E-state index contributed by atoms with van der Waals surface area (Å²) in [4.78, 5) is 27.7. The molecule has 0 bridgehead atoms. The van der Waals surface area contributed by atoms with Crippen LogP contribution in [0.2, 0.25) is 0 Å². The van der Waals surface area contributed by atoms with Crippen molar-refractivity contribution in [1.82, 2.24) is 34.4 Å². The second kappa shape index (κ2) is 10.4. The molecule has 9 nitrogen and oxygen atoms in total. The van der Waals surface area contributed by atoms with Crippen LogP contribution in [-0.4, -0.2) is 60.6 Å². The molecule has 0 aliphatic carbocycles. The number of anilines is 1. The smallest absolute Gasteiger partial charge is 0.234 e. The molecular weight excluding hydrogens is 510 g/mol. The van der Waals surface area contributed by atoms with Gasteiger partial charge in [-0.15, -0.1) is 0 Å². The Morgan fingerprint density at radius 2 is 1.46 bits per heavy atom. The van der Waals surface area contributed by atoms with E-state index in [2.05, 4.69) is 67.2 Å². The van der Waals surface area contributed by atoms with Crippen molar-refractivity contribution in [2.45, 2.75) is 6.54 Å². The molecule has 1 aliphatic rings. The Morgan fingerprint density at radius 1 is 0.756 bits per heavy atom. The van der Waals surface area contributed by atoms with E-state index in [0.29, 0.717) is 0 Å². The van der Waals surface area contributed by atoms with Crippen LogP contribution in [0.15, 0.2) is 85.3 Å². The number of hydrogen-bond acceptors (Lipinski definition) is 8. The molecule has 200 valence electrons. The maximum atomic E-state index is 9.11. The number of piperazine rings is 1. The van der Waals surface area contributed by atoms with E-state index in [1.807, 2.05) is 54.3 Å². The first kappa shape index (κ1) is 24.8. The predicted molar refractivity (Wildman–Crippen MR) is 159 cm³/mol. The number of rotatable bonds is 5. The summed E-state index contributed by atoms with van der Waals surface area (Å²) in [6, 6.07) is 26.9. The van der Waals surface area contributed by atoms with Gasteiger partial charge >= 0.3 is 0 Å². The predicted octanol–water partition coefficient (Wildman–Crippen LogP) is 4.83. The fourth-order valence-electron chi connectivity index (χ4n) is 5.42. The van der Waals surface area contributed by atoms with Crippen LogP contribution in [0.1, 0.15) is 11.4 Å². The fraction of sp³-hybridized carbons (Fsp3) is 0.188. The van der Waals surface area contributed by atoms with Crippen LogP contribution in [0.3, 0.4) is 0 Å². The van der Waals surface area contributed by atoms with Crippen LogP contribution in [0.4, 0.5) is 5.82 Å². The second-order valence-corrected chi connectivity index (χ2v) is 10.3. The van der Waals surface area contributed by atoms with E-state index < -0.39 is 0 Å². The molecule has 41 heavy (non-hydrogen) atoms. The van der Waals surface area contributed by atoms with Crippen molar-refractivity contribution in [2.24, 2.45) is 7.05 Å². The first-order chi connectivity index (χ1) is 20.1. The molecule has 0 atom stereocenters. The van der Waals surface area contributed by atoms with Crippen molar-refractivity contribution in [2.75, 3.05) is 31.1 Å². The zero-order chi connectivity index (χ0) is 27.8. The average Bonchev–Trinajstić information content (AvgIpc) is 3.39. The number of nitriles is 1. The van der Waals surface area contributed by atoms with Gasteiger partial charge in [0.1, 0.15) is 11.9 Å². The van der Waals surface area contributed by atoms with E-state index in [1.165, 1.54) is 5.56 Å². The molecular formula is C32H27N9. The summed E-state index contributed by atoms with van der Waals surface area (Å²) in [6.45, 7) is 4.43. The van der Waals surface area contributed by atoms with Crippen LogP contribution in [0.25, 0.3) is 44.6 Å². The minimum atomic E-state index is 0.210. The first-order valence-corrected chi connectivity index (χ1v) is 13.6. The third-order valence-electron chi connectivity index (χ3n) is 7.63. The molecule has 0 saturated carbocycles. The van der Waals surface area contributed by atoms with Gasteiger partial charge in [-0.25, -0.2) is 24.9 Å². The summed E-state index contributed by atoms with van der Waals surface area (Å²) >= 11 is 0.